The molecule has 18 heavy (non-hydrogen) atoms. The van der Waals surface area contributed by atoms with E-state index in [0.717, 1.165) is 43.8 Å². The van der Waals surface area contributed by atoms with Gasteiger partial charge in [-0.15, -0.1) is 0 Å². The van der Waals surface area contributed by atoms with Gasteiger partial charge in [0.15, 0.2) is 0 Å². The maximum absolute atomic E-state index is 12.3. The molecule has 1 aromatic rings. The summed E-state index contributed by atoms with van der Waals surface area (Å²) in [5.41, 5.74) is 0.259. The average Bonchev–Trinajstić information content (AvgIpc) is 2.33. The van der Waals surface area contributed by atoms with Crippen LogP contribution in [0.5, 0.6) is 0 Å². The van der Waals surface area contributed by atoms with Crippen molar-refractivity contribution < 1.29 is 13.2 Å². The van der Waals surface area contributed by atoms with E-state index in [1.807, 2.05) is 0 Å². The Labute approximate surface area is 106 Å². The SMILES string of the molecule is CCCNCCNCc1ccc(C(F)(F)F)cc1. The third-order valence-electron chi connectivity index (χ3n) is 2.52. The number of alkyl halides is 3. The smallest absolute Gasteiger partial charge is 0.315 e. The first-order valence-electron chi connectivity index (χ1n) is 6.11. The fourth-order valence-electron chi connectivity index (χ4n) is 1.52. The number of benzene rings is 1. The molecule has 2 nitrogen and oxygen atoms in total. The molecule has 2 N–H and O–H groups in total. The Kier molecular flexibility index (Phi) is 6.15. The number of nitrogens with one attached hydrogen (secondary N) is 2. The highest BCUT2D eigenvalue weighted by atomic mass is 19.4. The molecule has 0 saturated carbocycles. The first-order chi connectivity index (χ1) is 8.54. The van der Waals surface area contributed by atoms with Crippen LogP contribution in [0.25, 0.3) is 0 Å². The summed E-state index contributed by atoms with van der Waals surface area (Å²) in [6.07, 6.45) is -3.16. The zero-order valence-corrected chi connectivity index (χ0v) is 10.5. The maximum atomic E-state index is 12.3. The van der Waals surface area contributed by atoms with Crippen LogP contribution in [0.2, 0.25) is 0 Å². The van der Waals surface area contributed by atoms with E-state index in [0.29, 0.717) is 6.54 Å². The van der Waals surface area contributed by atoms with Crippen LogP contribution in [0.4, 0.5) is 13.2 Å². The van der Waals surface area contributed by atoms with Crippen molar-refractivity contribution in [3.8, 4) is 0 Å². The van der Waals surface area contributed by atoms with Gasteiger partial charge in [-0.1, -0.05) is 19.1 Å². The minimum Gasteiger partial charge on any atom is -0.315 e. The molecular formula is C13H19F3N2. The Hall–Kier alpha value is -1.07. The van der Waals surface area contributed by atoms with Crippen molar-refractivity contribution in [2.45, 2.75) is 26.1 Å². The first-order valence-corrected chi connectivity index (χ1v) is 6.11. The summed E-state index contributed by atoms with van der Waals surface area (Å²) in [5.74, 6) is 0. The lowest BCUT2D eigenvalue weighted by atomic mass is 10.1. The van der Waals surface area contributed by atoms with E-state index in [2.05, 4.69) is 17.6 Å². The summed E-state index contributed by atoms with van der Waals surface area (Å²) in [5, 5.41) is 6.41. The molecule has 0 aliphatic rings. The highest BCUT2D eigenvalue weighted by molar-refractivity contribution is 5.24. The Morgan fingerprint density at radius 3 is 2.11 bits per heavy atom. The van der Waals surface area contributed by atoms with E-state index in [4.69, 9.17) is 0 Å². The van der Waals surface area contributed by atoms with E-state index >= 15 is 0 Å². The van der Waals surface area contributed by atoms with Gasteiger partial charge >= 0.3 is 6.18 Å². The van der Waals surface area contributed by atoms with Crippen molar-refractivity contribution in [1.82, 2.24) is 10.6 Å². The van der Waals surface area contributed by atoms with Gasteiger partial charge in [0.05, 0.1) is 5.56 Å². The van der Waals surface area contributed by atoms with Gasteiger partial charge in [0.25, 0.3) is 0 Å². The molecule has 0 aliphatic heterocycles. The van der Waals surface area contributed by atoms with Gasteiger partial charge in [0, 0.05) is 19.6 Å². The molecule has 5 heteroatoms. The molecular weight excluding hydrogens is 241 g/mol. The highest BCUT2D eigenvalue weighted by Crippen LogP contribution is 2.28. The molecule has 0 amide bonds. The highest BCUT2D eigenvalue weighted by Gasteiger charge is 2.29. The largest absolute Gasteiger partial charge is 0.416 e. The van der Waals surface area contributed by atoms with Gasteiger partial charge in [-0.3, -0.25) is 0 Å². The minimum absolute atomic E-state index is 0.589. The predicted octanol–water partition coefficient (Wildman–Crippen LogP) is 2.79. The maximum Gasteiger partial charge on any atom is 0.416 e. The lowest BCUT2D eigenvalue weighted by molar-refractivity contribution is -0.137. The average molecular weight is 260 g/mol. The van der Waals surface area contributed by atoms with Crippen molar-refractivity contribution in [2.75, 3.05) is 19.6 Å². The number of hydrogen-bond acceptors (Lipinski definition) is 2. The lowest BCUT2D eigenvalue weighted by Gasteiger charge is -2.08. The minimum atomic E-state index is -4.25. The van der Waals surface area contributed by atoms with Crippen molar-refractivity contribution in [3.63, 3.8) is 0 Å². The van der Waals surface area contributed by atoms with Crippen LogP contribution in [0, 0.1) is 0 Å². The van der Waals surface area contributed by atoms with E-state index in [-0.39, 0.29) is 0 Å². The quantitative estimate of drug-likeness (QED) is 0.737. The predicted molar refractivity (Wildman–Crippen MR) is 66.3 cm³/mol. The Balaban J connectivity index is 2.27. The number of halogens is 3. The summed E-state index contributed by atoms with van der Waals surface area (Å²) >= 11 is 0. The molecule has 102 valence electrons. The molecule has 1 aromatic carbocycles. The van der Waals surface area contributed by atoms with Gasteiger partial charge in [0.2, 0.25) is 0 Å². The fraction of sp³-hybridized carbons (Fsp3) is 0.538. The summed E-state index contributed by atoms with van der Waals surface area (Å²) in [6, 6.07) is 5.25. The third kappa shape index (κ3) is 5.51. The van der Waals surface area contributed by atoms with Crippen molar-refractivity contribution in [3.05, 3.63) is 35.4 Å². The third-order valence-corrected chi connectivity index (χ3v) is 2.52. The van der Waals surface area contributed by atoms with Crippen LogP contribution in [0.15, 0.2) is 24.3 Å². The zero-order valence-electron chi connectivity index (χ0n) is 10.5. The summed E-state index contributed by atoms with van der Waals surface area (Å²) in [7, 11) is 0. The van der Waals surface area contributed by atoms with Crippen LogP contribution in [-0.2, 0) is 12.7 Å². The second-order valence-electron chi connectivity index (χ2n) is 4.12. The standard InChI is InChI=1S/C13H19F3N2/c1-2-7-17-8-9-18-10-11-3-5-12(6-4-11)13(14,15)16/h3-6,17-18H,2,7-10H2,1H3. The van der Waals surface area contributed by atoms with Crippen LogP contribution in [0.1, 0.15) is 24.5 Å². The molecule has 0 bridgehead atoms. The van der Waals surface area contributed by atoms with E-state index in [9.17, 15) is 13.2 Å². The normalized spacial score (nSPS) is 11.8. The lowest BCUT2D eigenvalue weighted by Crippen LogP contribution is -2.27. The molecule has 0 heterocycles. The first kappa shape index (κ1) is 15.0. The molecule has 0 atom stereocenters. The molecule has 0 aromatic heterocycles. The van der Waals surface area contributed by atoms with Gasteiger partial charge < -0.3 is 10.6 Å². The Morgan fingerprint density at radius 1 is 0.944 bits per heavy atom. The second-order valence-corrected chi connectivity index (χ2v) is 4.12. The molecule has 0 radical (unpaired) electrons. The molecule has 0 aliphatic carbocycles. The summed E-state index contributed by atoms with van der Waals surface area (Å²) in [6.45, 7) is 5.35. The van der Waals surface area contributed by atoms with E-state index in [1.165, 1.54) is 12.1 Å². The summed E-state index contributed by atoms with van der Waals surface area (Å²) in [4.78, 5) is 0. The van der Waals surface area contributed by atoms with Gasteiger partial charge in [-0.05, 0) is 30.7 Å². The van der Waals surface area contributed by atoms with Crippen molar-refractivity contribution >= 4 is 0 Å². The van der Waals surface area contributed by atoms with Crippen molar-refractivity contribution in [2.24, 2.45) is 0 Å². The summed E-state index contributed by atoms with van der Waals surface area (Å²) < 4.78 is 37.0. The monoisotopic (exact) mass is 260 g/mol. The molecule has 0 saturated heterocycles. The van der Waals surface area contributed by atoms with E-state index < -0.39 is 11.7 Å². The van der Waals surface area contributed by atoms with Gasteiger partial charge in [-0.2, -0.15) is 13.2 Å². The van der Waals surface area contributed by atoms with Crippen molar-refractivity contribution in [1.29, 1.82) is 0 Å². The fourth-order valence-corrected chi connectivity index (χ4v) is 1.52. The van der Waals surface area contributed by atoms with Crippen LogP contribution < -0.4 is 10.6 Å². The molecule has 0 fully saturated rings. The van der Waals surface area contributed by atoms with E-state index in [1.54, 1.807) is 0 Å². The Bertz CT molecular complexity index is 333. The van der Waals surface area contributed by atoms with Crippen LogP contribution in [-0.4, -0.2) is 19.6 Å². The van der Waals surface area contributed by atoms with Crippen LogP contribution >= 0.6 is 0 Å². The molecule has 1 rings (SSSR count). The second kappa shape index (κ2) is 7.38. The molecule has 0 spiro atoms. The van der Waals surface area contributed by atoms with Gasteiger partial charge in [0.1, 0.15) is 0 Å². The Morgan fingerprint density at radius 2 is 1.56 bits per heavy atom. The number of hydrogen-bond donors (Lipinski definition) is 2. The number of rotatable bonds is 7. The molecule has 0 unspecified atom stereocenters. The topological polar surface area (TPSA) is 24.1 Å². The zero-order chi connectivity index (χ0) is 13.4. The van der Waals surface area contributed by atoms with Gasteiger partial charge in [-0.25, -0.2) is 0 Å². The van der Waals surface area contributed by atoms with Crippen LogP contribution in [0.3, 0.4) is 0 Å².